The van der Waals surface area contributed by atoms with Gasteiger partial charge in [0.2, 0.25) is 5.91 Å². The van der Waals surface area contributed by atoms with E-state index in [9.17, 15) is 9.59 Å². The van der Waals surface area contributed by atoms with Gasteiger partial charge in [-0.1, -0.05) is 0 Å². The average molecular weight is 297 g/mol. The Labute approximate surface area is 126 Å². The van der Waals surface area contributed by atoms with Crippen LogP contribution in [0.25, 0.3) is 0 Å². The summed E-state index contributed by atoms with van der Waals surface area (Å²) in [4.78, 5) is 27.0. The number of ether oxygens (including phenoxy) is 1. The van der Waals surface area contributed by atoms with Crippen LogP contribution in [0.1, 0.15) is 40.5 Å². The van der Waals surface area contributed by atoms with E-state index in [2.05, 4.69) is 12.2 Å². The van der Waals surface area contributed by atoms with Crippen LogP contribution in [0.3, 0.4) is 0 Å². The van der Waals surface area contributed by atoms with E-state index in [1.54, 1.807) is 4.90 Å². The van der Waals surface area contributed by atoms with E-state index in [-0.39, 0.29) is 18.0 Å². The van der Waals surface area contributed by atoms with Crippen molar-refractivity contribution in [2.24, 2.45) is 0 Å². The van der Waals surface area contributed by atoms with Gasteiger partial charge in [-0.3, -0.25) is 4.79 Å². The molecule has 2 heterocycles. The number of carbonyl (C=O) groups excluding carboxylic acids is 2. The Morgan fingerprint density at radius 3 is 2.62 bits per heavy atom. The van der Waals surface area contributed by atoms with Gasteiger partial charge in [-0.25, -0.2) is 4.79 Å². The molecule has 21 heavy (non-hydrogen) atoms. The number of amides is 2. The highest BCUT2D eigenvalue weighted by Gasteiger charge is 2.34. The first-order valence-electron chi connectivity index (χ1n) is 7.76. The molecule has 6 heteroatoms. The molecule has 1 N–H and O–H groups in total. The molecule has 0 aromatic heterocycles. The standard InChI is InChI=1S/C15H27N3O3/c1-11(8-17-7-5-6-13(17)19)16-12-9-18(10-12)14(20)21-15(2,3)4/h11-12,16H,5-10H2,1-4H3. The first kappa shape index (κ1) is 16.1. The van der Waals surface area contributed by atoms with Crippen molar-refractivity contribution in [3.8, 4) is 0 Å². The van der Waals surface area contributed by atoms with E-state index in [0.717, 1.165) is 19.5 Å². The number of nitrogens with one attached hydrogen (secondary N) is 1. The number of nitrogens with zero attached hydrogens (tertiary/aromatic N) is 2. The minimum Gasteiger partial charge on any atom is -0.444 e. The first-order valence-corrected chi connectivity index (χ1v) is 7.76. The zero-order valence-corrected chi connectivity index (χ0v) is 13.5. The van der Waals surface area contributed by atoms with Gasteiger partial charge >= 0.3 is 6.09 Å². The number of hydrogen-bond acceptors (Lipinski definition) is 4. The average Bonchev–Trinajstić information content (AvgIpc) is 2.66. The van der Waals surface area contributed by atoms with Crippen molar-refractivity contribution in [2.45, 2.75) is 58.2 Å². The van der Waals surface area contributed by atoms with Gasteiger partial charge in [0.1, 0.15) is 5.60 Å². The summed E-state index contributed by atoms with van der Waals surface area (Å²) in [5, 5.41) is 3.47. The van der Waals surface area contributed by atoms with Crippen LogP contribution in [-0.2, 0) is 9.53 Å². The molecule has 0 saturated carbocycles. The molecule has 1 unspecified atom stereocenters. The van der Waals surface area contributed by atoms with Crippen LogP contribution in [0.4, 0.5) is 4.79 Å². The maximum absolute atomic E-state index is 11.8. The van der Waals surface area contributed by atoms with Crippen LogP contribution in [0.15, 0.2) is 0 Å². The molecule has 0 bridgehead atoms. The summed E-state index contributed by atoms with van der Waals surface area (Å²) in [6.45, 7) is 10.7. The Hall–Kier alpha value is -1.30. The maximum Gasteiger partial charge on any atom is 0.410 e. The second-order valence-electron chi connectivity index (χ2n) is 7.09. The van der Waals surface area contributed by atoms with Gasteiger partial charge < -0.3 is 19.9 Å². The fourth-order valence-corrected chi connectivity index (χ4v) is 2.74. The fraction of sp³-hybridized carbons (Fsp3) is 0.867. The molecule has 2 amide bonds. The first-order chi connectivity index (χ1) is 9.74. The van der Waals surface area contributed by atoms with Crippen molar-refractivity contribution in [3.05, 3.63) is 0 Å². The second-order valence-corrected chi connectivity index (χ2v) is 7.09. The smallest absolute Gasteiger partial charge is 0.410 e. The fourth-order valence-electron chi connectivity index (χ4n) is 2.74. The van der Waals surface area contributed by atoms with Gasteiger partial charge in [0.05, 0.1) is 0 Å². The molecule has 2 aliphatic heterocycles. The molecule has 0 radical (unpaired) electrons. The lowest BCUT2D eigenvalue weighted by Crippen LogP contribution is -2.62. The van der Waals surface area contributed by atoms with Gasteiger partial charge in [0.15, 0.2) is 0 Å². The minimum atomic E-state index is -0.445. The molecule has 120 valence electrons. The van der Waals surface area contributed by atoms with Crippen LogP contribution in [-0.4, -0.2) is 65.7 Å². The highest BCUT2D eigenvalue weighted by atomic mass is 16.6. The van der Waals surface area contributed by atoms with Crippen molar-refractivity contribution in [2.75, 3.05) is 26.2 Å². The Morgan fingerprint density at radius 1 is 1.43 bits per heavy atom. The summed E-state index contributed by atoms with van der Waals surface area (Å²) in [5.74, 6) is 0.257. The molecule has 2 fully saturated rings. The molecule has 6 nitrogen and oxygen atoms in total. The van der Waals surface area contributed by atoms with Gasteiger partial charge in [-0.15, -0.1) is 0 Å². The molecule has 0 aromatic rings. The molecule has 1 atom stereocenters. The van der Waals surface area contributed by atoms with Gasteiger partial charge in [0, 0.05) is 44.7 Å². The Bertz CT molecular complexity index is 399. The lowest BCUT2D eigenvalue weighted by molar-refractivity contribution is -0.128. The topological polar surface area (TPSA) is 61.9 Å². The number of likely N-dealkylation sites (tertiary alicyclic amines) is 2. The molecular weight excluding hydrogens is 270 g/mol. The zero-order valence-electron chi connectivity index (χ0n) is 13.5. The van der Waals surface area contributed by atoms with Crippen molar-refractivity contribution < 1.29 is 14.3 Å². The number of carbonyl (C=O) groups is 2. The summed E-state index contributed by atoms with van der Waals surface area (Å²) in [5.41, 5.74) is -0.445. The maximum atomic E-state index is 11.8. The molecule has 2 aliphatic rings. The van der Waals surface area contributed by atoms with E-state index in [1.807, 2.05) is 25.7 Å². The monoisotopic (exact) mass is 297 g/mol. The van der Waals surface area contributed by atoms with Gasteiger partial charge in [-0.05, 0) is 34.1 Å². The number of hydrogen-bond donors (Lipinski definition) is 1. The van der Waals surface area contributed by atoms with E-state index >= 15 is 0 Å². The highest BCUT2D eigenvalue weighted by Crippen LogP contribution is 2.16. The predicted molar refractivity (Wildman–Crippen MR) is 80.0 cm³/mol. The van der Waals surface area contributed by atoms with Gasteiger partial charge in [-0.2, -0.15) is 0 Å². The summed E-state index contributed by atoms with van der Waals surface area (Å²) >= 11 is 0. The van der Waals surface area contributed by atoms with E-state index < -0.39 is 5.60 Å². The minimum absolute atomic E-state index is 0.247. The number of rotatable bonds is 4. The SMILES string of the molecule is CC(CN1CCCC1=O)NC1CN(C(=O)OC(C)(C)C)C1. The Morgan fingerprint density at radius 2 is 2.10 bits per heavy atom. The summed E-state index contributed by atoms with van der Waals surface area (Å²) in [6.07, 6.45) is 1.41. The van der Waals surface area contributed by atoms with Crippen LogP contribution in [0, 0.1) is 0 Å². The molecule has 0 aromatic carbocycles. The lowest BCUT2D eigenvalue weighted by Gasteiger charge is -2.41. The highest BCUT2D eigenvalue weighted by molar-refractivity contribution is 5.78. The third-order valence-corrected chi connectivity index (χ3v) is 3.72. The van der Waals surface area contributed by atoms with Crippen LogP contribution in [0.2, 0.25) is 0 Å². The zero-order chi connectivity index (χ0) is 15.6. The summed E-state index contributed by atoms with van der Waals surface area (Å²) in [7, 11) is 0. The van der Waals surface area contributed by atoms with E-state index in [1.165, 1.54) is 0 Å². The largest absolute Gasteiger partial charge is 0.444 e. The van der Waals surface area contributed by atoms with Crippen molar-refractivity contribution in [1.82, 2.24) is 15.1 Å². The normalized spacial score (nSPS) is 21.4. The second kappa shape index (κ2) is 6.22. The van der Waals surface area contributed by atoms with Gasteiger partial charge in [0.25, 0.3) is 0 Å². The lowest BCUT2D eigenvalue weighted by atomic mass is 10.1. The van der Waals surface area contributed by atoms with Crippen molar-refractivity contribution in [3.63, 3.8) is 0 Å². The summed E-state index contributed by atoms with van der Waals surface area (Å²) < 4.78 is 5.32. The van der Waals surface area contributed by atoms with Crippen LogP contribution < -0.4 is 5.32 Å². The molecule has 0 aliphatic carbocycles. The summed E-state index contributed by atoms with van der Waals surface area (Å²) in [6, 6.07) is 0.544. The molecule has 0 spiro atoms. The van der Waals surface area contributed by atoms with Crippen molar-refractivity contribution in [1.29, 1.82) is 0 Å². The van der Waals surface area contributed by atoms with E-state index in [0.29, 0.717) is 25.6 Å². The molecule has 2 rings (SSSR count). The Balaban J connectivity index is 1.65. The predicted octanol–water partition coefficient (Wildman–Crippen LogP) is 1.21. The van der Waals surface area contributed by atoms with Crippen LogP contribution >= 0.6 is 0 Å². The molecular formula is C15H27N3O3. The third-order valence-electron chi connectivity index (χ3n) is 3.72. The third kappa shape index (κ3) is 4.59. The quantitative estimate of drug-likeness (QED) is 0.847. The van der Waals surface area contributed by atoms with Crippen LogP contribution in [0.5, 0.6) is 0 Å². The van der Waals surface area contributed by atoms with Crippen molar-refractivity contribution >= 4 is 12.0 Å². The Kier molecular flexibility index (Phi) is 4.76. The van der Waals surface area contributed by atoms with E-state index in [4.69, 9.17) is 4.74 Å². The molecule has 2 saturated heterocycles.